The van der Waals surface area contributed by atoms with Gasteiger partial charge in [0.2, 0.25) is 0 Å². The van der Waals surface area contributed by atoms with E-state index in [1.54, 1.807) is 6.92 Å². The Balaban J connectivity index is 2.06. The molecule has 0 unspecified atom stereocenters. The monoisotopic (exact) mass is 433 g/mol. The first-order chi connectivity index (χ1) is 14.7. The Bertz CT molecular complexity index is 1160. The molecule has 158 valence electrons. The fourth-order valence-electron chi connectivity index (χ4n) is 2.48. The van der Waals surface area contributed by atoms with Crippen LogP contribution in [0.15, 0.2) is 42.5 Å². The molecule has 0 fully saturated rings. The lowest BCUT2D eigenvalue weighted by atomic mass is 10.1. The molecule has 0 aliphatic heterocycles. The van der Waals surface area contributed by atoms with Crippen LogP contribution in [0.5, 0.6) is 11.6 Å². The number of alkyl halides is 3. The lowest BCUT2D eigenvalue weighted by molar-refractivity contribution is -0.384. The van der Waals surface area contributed by atoms with Crippen molar-refractivity contribution < 1.29 is 36.8 Å². The first-order valence-corrected chi connectivity index (χ1v) is 8.75. The van der Waals surface area contributed by atoms with E-state index in [1.807, 2.05) is 6.07 Å². The van der Waals surface area contributed by atoms with Crippen LogP contribution in [-0.2, 0) is 10.9 Å². The lowest BCUT2D eigenvalue weighted by Crippen LogP contribution is -2.21. The van der Waals surface area contributed by atoms with E-state index in [0.29, 0.717) is 17.7 Å². The number of rotatable bonds is 5. The number of carbonyl (C=O) groups is 1. The Kier molecular flexibility index (Phi) is 6.10. The summed E-state index contributed by atoms with van der Waals surface area (Å²) in [6.45, 7) is 1.60. The molecule has 0 radical (unpaired) electrons. The second-order valence-electron chi connectivity index (χ2n) is 6.00. The van der Waals surface area contributed by atoms with E-state index in [-0.39, 0.29) is 35.3 Å². The standard InChI is InChI=1S/C20H12F4N4O3/c1-2-30-19(29)16-18(31-13-6-3-11(10-25)4-7-13)26-17(28-27-16)12-5-8-15(21)14(9-12)20(22,23)24/h3-9H,2H2,1H3/p+1. The third kappa shape index (κ3) is 4.92. The fraction of sp³-hybridized carbons (Fsp3) is 0.150. The van der Waals surface area contributed by atoms with Gasteiger partial charge in [0.15, 0.2) is 0 Å². The third-order valence-corrected chi connectivity index (χ3v) is 3.91. The van der Waals surface area contributed by atoms with E-state index in [2.05, 4.69) is 15.2 Å². The van der Waals surface area contributed by atoms with Crippen LogP contribution in [0.1, 0.15) is 28.5 Å². The Morgan fingerprint density at radius 3 is 2.48 bits per heavy atom. The zero-order chi connectivity index (χ0) is 22.6. The molecule has 3 rings (SSSR count). The predicted molar refractivity (Wildman–Crippen MR) is 96.2 cm³/mol. The summed E-state index contributed by atoms with van der Waals surface area (Å²) in [5, 5.41) is 16.3. The van der Waals surface area contributed by atoms with Crippen molar-refractivity contribution >= 4 is 5.97 Å². The van der Waals surface area contributed by atoms with Gasteiger partial charge in [-0.15, -0.1) is 0 Å². The predicted octanol–water partition coefficient (Wildman–Crippen LogP) is 3.96. The number of halogens is 4. The number of nitriles is 1. The van der Waals surface area contributed by atoms with Crippen LogP contribution in [-0.4, -0.2) is 22.8 Å². The number of aromatic nitrogens is 3. The molecular weight excluding hydrogens is 420 g/mol. The van der Waals surface area contributed by atoms with E-state index in [0.717, 1.165) is 6.07 Å². The van der Waals surface area contributed by atoms with Gasteiger partial charge < -0.3 is 9.47 Å². The van der Waals surface area contributed by atoms with Crippen molar-refractivity contribution in [3.63, 3.8) is 0 Å². The lowest BCUT2D eigenvalue weighted by Gasteiger charge is -2.09. The molecule has 0 aliphatic rings. The summed E-state index contributed by atoms with van der Waals surface area (Å²) in [4.78, 5) is 14.8. The minimum atomic E-state index is -4.92. The highest BCUT2D eigenvalue weighted by molar-refractivity contribution is 5.89. The molecule has 2 aromatic carbocycles. The SMILES string of the molecule is CCOC(=O)c1nnc(-c2ccc(F)c(C(F)(F)F)c2)[nH+]c1Oc1ccc(C#N)cc1. The number of aromatic amines is 1. The maximum Gasteiger partial charge on any atom is 0.419 e. The van der Waals surface area contributed by atoms with Crippen molar-refractivity contribution in [2.75, 3.05) is 6.61 Å². The molecule has 1 N–H and O–H groups in total. The molecular formula is C20H13F4N4O3+. The highest BCUT2D eigenvalue weighted by atomic mass is 19.4. The van der Waals surface area contributed by atoms with Gasteiger partial charge in [-0.05, 0) is 54.5 Å². The molecule has 31 heavy (non-hydrogen) atoms. The number of esters is 1. The van der Waals surface area contributed by atoms with Crippen molar-refractivity contribution in [1.82, 2.24) is 10.2 Å². The average molecular weight is 433 g/mol. The normalized spacial score (nSPS) is 11.0. The van der Waals surface area contributed by atoms with Crippen molar-refractivity contribution in [1.29, 1.82) is 5.26 Å². The minimum absolute atomic E-state index is 0.0332. The number of nitrogens with one attached hydrogen (secondary N) is 1. The molecule has 1 heterocycles. The maximum absolute atomic E-state index is 13.6. The van der Waals surface area contributed by atoms with Gasteiger partial charge in [-0.1, -0.05) is 0 Å². The Morgan fingerprint density at radius 2 is 1.87 bits per heavy atom. The zero-order valence-electron chi connectivity index (χ0n) is 15.8. The maximum atomic E-state index is 13.6. The number of hydrogen-bond acceptors (Lipinski definition) is 6. The second kappa shape index (κ2) is 8.74. The first-order valence-electron chi connectivity index (χ1n) is 8.75. The number of nitrogens with zero attached hydrogens (tertiary/aromatic N) is 3. The molecule has 0 saturated heterocycles. The van der Waals surface area contributed by atoms with Gasteiger partial charge in [-0.2, -0.15) is 18.4 Å². The quantitative estimate of drug-likeness (QED) is 0.446. The smallest absolute Gasteiger partial charge is 0.419 e. The van der Waals surface area contributed by atoms with Crippen molar-refractivity contribution in [2.24, 2.45) is 0 Å². The van der Waals surface area contributed by atoms with E-state index in [9.17, 15) is 22.4 Å². The average Bonchev–Trinajstić information content (AvgIpc) is 2.74. The minimum Gasteiger partial charge on any atom is -0.461 e. The van der Waals surface area contributed by atoms with Crippen molar-refractivity contribution in [3.8, 4) is 29.1 Å². The second-order valence-corrected chi connectivity index (χ2v) is 6.00. The van der Waals surface area contributed by atoms with E-state index < -0.39 is 23.5 Å². The van der Waals surface area contributed by atoms with Gasteiger partial charge in [0.1, 0.15) is 11.6 Å². The van der Waals surface area contributed by atoms with Gasteiger partial charge in [0.25, 0.3) is 5.69 Å². The van der Waals surface area contributed by atoms with Gasteiger partial charge in [0.05, 0.1) is 34.5 Å². The van der Waals surface area contributed by atoms with Gasteiger partial charge in [-0.25, -0.2) is 14.2 Å². The number of carbonyl (C=O) groups excluding carboxylic acids is 1. The molecule has 0 atom stereocenters. The summed E-state index contributed by atoms with van der Waals surface area (Å²) < 4.78 is 63.2. The number of hydrogen-bond donors (Lipinski definition) is 0. The van der Waals surface area contributed by atoms with Crippen molar-refractivity contribution in [3.05, 3.63) is 65.1 Å². The number of ether oxygens (including phenoxy) is 2. The summed E-state index contributed by atoms with van der Waals surface area (Å²) in [6, 6.07) is 10.0. The molecule has 7 nitrogen and oxygen atoms in total. The Morgan fingerprint density at radius 1 is 1.16 bits per heavy atom. The summed E-state index contributed by atoms with van der Waals surface area (Å²) in [7, 11) is 0. The Labute approximate surface area is 172 Å². The fourth-order valence-corrected chi connectivity index (χ4v) is 2.48. The molecule has 0 saturated carbocycles. The number of H-pyrrole nitrogens is 1. The van der Waals surface area contributed by atoms with Crippen LogP contribution in [0.3, 0.4) is 0 Å². The van der Waals surface area contributed by atoms with E-state index in [1.165, 1.54) is 24.3 Å². The number of benzene rings is 2. The summed E-state index contributed by atoms with van der Waals surface area (Å²) in [5.41, 5.74) is -1.61. The highest BCUT2D eigenvalue weighted by Gasteiger charge is 2.35. The molecule has 0 spiro atoms. The molecule has 1 aromatic heterocycles. The largest absolute Gasteiger partial charge is 0.461 e. The highest BCUT2D eigenvalue weighted by Crippen LogP contribution is 2.33. The van der Waals surface area contributed by atoms with Gasteiger partial charge in [0, 0.05) is 0 Å². The van der Waals surface area contributed by atoms with Crippen LogP contribution in [0.4, 0.5) is 17.6 Å². The van der Waals surface area contributed by atoms with Gasteiger partial charge in [-0.3, -0.25) is 0 Å². The summed E-state index contributed by atoms with van der Waals surface area (Å²) in [6.07, 6.45) is -4.92. The van der Waals surface area contributed by atoms with Crippen LogP contribution < -0.4 is 9.72 Å². The van der Waals surface area contributed by atoms with Crippen LogP contribution in [0.25, 0.3) is 11.4 Å². The molecule has 11 heteroatoms. The topological polar surface area (TPSA) is 99.2 Å². The summed E-state index contributed by atoms with van der Waals surface area (Å²) >= 11 is 0. The third-order valence-electron chi connectivity index (χ3n) is 3.91. The van der Waals surface area contributed by atoms with Crippen molar-refractivity contribution in [2.45, 2.75) is 13.1 Å². The molecule has 0 bridgehead atoms. The zero-order valence-corrected chi connectivity index (χ0v) is 15.8. The van der Waals surface area contributed by atoms with E-state index in [4.69, 9.17) is 14.7 Å². The Hall–Kier alpha value is -4.07. The molecule has 0 amide bonds. The van der Waals surface area contributed by atoms with Crippen LogP contribution >= 0.6 is 0 Å². The summed E-state index contributed by atoms with van der Waals surface area (Å²) in [5.74, 6) is -2.58. The van der Waals surface area contributed by atoms with Crippen LogP contribution in [0, 0.1) is 17.1 Å². The van der Waals surface area contributed by atoms with Gasteiger partial charge >= 0.3 is 23.8 Å². The molecule has 3 aromatic rings. The molecule has 0 aliphatic carbocycles. The van der Waals surface area contributed by atoms with E-state index >= 15 is 0 Å². The van der Waals surface area contributed by atoms with Crippen LogP contribution in [0.2, 0.25) is 0 Å². The first kappa shape index (κ1) is 21.6.